The molecule has 0 aromatic carbocycles. The summed E-state index contributed by atoms with van der Waals surface area (Å²) in [5.41, 5.74) is -0.134. The lowest BCUT2D eigenvalue weighted by Crippen LogP contribution is -2.14. The van der Waals surface area contributed by atoms with E-state index < -0.39 is 0 Å². The number of nitrogens with zero attached hydrogens (tertiary/aromatic N) is 1. The molecule has 0 saturated heterocycles. The molecule has 0 aliphatic rings. The monoisotopic (exact) mass is 198 g/mol. The zero-order chi connectivity index (χ0) is 9.84. The molecule has 0 saturated carbocycles. The van der Waals surface area contributed by atoms with Crippen LogP contribution in [0, 0.1) is 10.7 Å². The zero-order valence-electron chi connectivity index (χ0n) is 7.91. The average molecular weight is 198 g/mol. The molecule has 1 rings (SSSR count). The van der Waals surface area contributed by atoms with Crippen molar-refractivity contribution in [2.24, 2.45) is 5.92 Å². The van der Waals surface area contributed by atoms with Crippen molar-refractivity contribution in [3.8, 4) is 0 Å². The lowest BCUT2D eigenvalue weighted by molar-refractivity contribution is 0.459. The van der Waals surface area contributed by atoms with E-state index in [1.165, 1.54) is 6.07 Å². The maximum Gasteiger partial charge on any atom is 0.251 e. The number of hydrogen-bond donors (Lipinski definition) is 1. The van der Waals surface area contributed by atoms with Gasteiger partial charge in [0.05, 0.1) is 0 Å². The van der Waals surface area contributed by atoms with Crippen LogP contribution in [0.5, 0.6) is 0 Å². The molecule has 0 aliphatic heterocycles. The van der Waals surface area contributed by atoms with E-state index in [0.29, 0.717) is 10.7 Å². The highest BCUT2D eigenvalue weighted by Crippen LogP contribution is 2.03. The molecule has 1 N–H and O–H groups in total. The third-order valence-electron chi connectivity index (χ3n) is 2.10. The molecule has 0 radical (unpaired) electrons. The SMILES string of the molecule is CCC(C)Cn1ccc(=O)[nH]c1=S. The van der Waals surface area contributed by atoms with E-state index in [1.807, 2.05) is 4.57 Å². The number of hydrogen-bond acceptors (Lipinski definition) is 2. The minimum Gasteiger partial charge on any atom is -0.325 e. The highest BCUT2D eigenvalue weighted by molar-refractivity contribution is 7.71. The third kappa shape index (κ3) is 2.81. The van der Waals surface area contributed by atoms with Crippen LogP contribution in [0.3, 0.4) is 0 Å². The Morgan fingerprint density at radius 3 is 2.92 bits per heavy atom. The van der Waals surface area contributed by atoms with Crippen molar-refractivity contribution in [3.05, 3.63) is 27.4 Å². The summed E-state index contributed by atoms with van der Waals surface area (Å²) in [6.07, 6.45) is 2.86. The van der Waals surface area contributed by atoms with Crippen molar-refractivity contribution in [1.82, 2.24) is 9.55 Å². The Balaban J connectivity index is 2.90. The first kappa shape index (κ1) is 10.2. The first-order valence-electron chi connectivity index (χ1n) is 4.43. The summed E-state index contributed by atoms with van der Waals surface area (Å²) in [6.45, 7) is 5.17. The Kier molecular flexibility index (Phi) is 3.42. The quantitative estimate of drug-likeness (QED) is 0.754. The Bertz CT molecular complexity index is 380. The normalized spacial score (nSPS) is 12.8. The predicted octanol–water partition coefficient (Wildman–Crippen LogP) is 1.95. The summed E-state index contributed by atoms with van der Waals surface area (Å²) in [5.74, 6) is 0.581. The van der Waals surface area contributed by atoms with E-state index in [1.54, 1.807) is 6.20 Å². The molecule has 0 aliphatic carbocycles. The van der Waals surface area contributed by atoms with Crippen molar-refractivity contribution in [2.45, 2.75) is 26.8 Å². The molecule has 0 bridgehead atoms. The Morgan fingerprint density at radius 2 is 2.38 bits per heavy atom. The van der Waals surface area contributed by atoms with Gasteiger partial charge in [-0.15, -0.1) is 0 Å². The molecule has 1 heterocycles. The van der Waals surface area contributed by atoms with Gasteiger partial charge >= 0.3 is 0 Å². The Hall–Kier alpha value is -0.900. The van der Waals surface area contributed by atoms with Crippen LogP contribution in [-0.4, -0.2) is 9.55 Å². The van der Waals surface area contributed by atoms with Gasteiger partial charge in [-0.2, -0.15) is 0 Å². The first-order valence-corrected chi connectivity index (χ1v) is 4.84. The molecule has 0 amide bonds. The van der Waals surface area contributed by atoms with Crippen molar-refractivity contribution in [3.63, 3.8) is 0 Å². The zero-order valence-corrected chi connectivity index (χ0v) is 8.73. The standard InChI is InChI=1S/C9H14N2OS/c1-3-7(2)6-11-5-4-8(12)10-9(11)13/h4-5,7H,3,6H2,1-2H3,(H,10,12,13). The van der Waals surface area contributed by atoms with E-state index in [0.717, 1.165) is 13.0 Å². The summed E-state index contributed by atoms with van der Waals surface area (Å²) in [6, 6.07) is 1.50. The van der Waals surface area contributed by atoms with Crippen LogP contribution in [0.4, 0.5) is 0 Å². The highest BCUT2D eigenvalue weighted by atomic mass is 32.1. The summed E-state index contributed by atoms with van der Waals surface area (Å²) in [7, 11) is 0. The number of aromatic nitrogens is 2. The van der Waals surface area contributed by atoms with Crippen molar-refractivity contribution in [1.29, 1.82) is 0 Å². The molecule has 1 unspecified atom stereocenters. The van der Waals surface area contributed by atoms with Crippen molar-refractivity contribution < 1.29 is 0 Å². The first-order chi connectivity index (χ1) is 6.13. The molecule has 3 nitrogen and oxygen atoms in total. The molecule has 0 spiro atoms. The number of rotatable bonds is 3. The fourth-order valence-electron chi connectivity index (χ4n) is 1.05. The molecule has 1 atom stereocenters. The molecule has 1 aromatic heterocycles. The maximum absolute atomic E-state index is 10.9. The predicted molar refractivity (Wildman–Crippen MR) is 55.3 cm³/mol. The summed E-state index contributed by atoms with van der Waals surface area (Å²) >= 11 is 5.01. The van der Waals surface area contributed by atoms with E-state index in [9.17, 15) is 4.79 Å². The summed E-state index contributed by atoms with van der Waals surface area (Å²) in [4.78, 5) is 13.5. The van der Waals surface area contributed by atoms with Gasteiger partial charge in [-0.05, 0) is 18.1 Å². The van der Waals surface area contributed by atoms with Gasteiger partial charge in [0.15, 0.2) is 4.77 Å². The Labute approximate surface area is 82.4 Å². The topological polar surface area (TPSA) is 37.8 Å². The van der Waals surface area contributed by atoms with Crippen LogP contribution in [0.25, 0.3) is 0 Å². The summed E-state index contributed by atoms with van der Waals surface area (Å²) in [5, 5.41) is 0. The maximum atomic E-state index is 10.9. The largest absolute Gasteiger partial charge is 0.325 e. The van der Waals surface area contributed by atoms with Crippen LogP contribution in [-0.2, 0) is 6.54 Å². The molecule has 0 fully saturated rings. The van der Waals surface area contributed by atoms with Gasteiger partial charge in [0.25, 0.3) is 5.56 Å². The molecular formula is C9H14N2OS. The van der Waals surface area contributed by atoms with E-state index in [4.69, 9.17) is 12.2 Å². The number of aromatic amines is 1. The smallest absolute Gasteiger partial charge is 0.251 e. The third-order valence-corrected chi connectivity index (χ3v) is 2.44. The van der Waals surface area contributed by atoms with E-state index >= 15 is 0 Å². The van der Waals surface area contributed by atoms with E-state index in [2.05, 4.69) is 18.8 Å². The lowest BCUT2D eigenvalue weighted by atomic mass is 10.1. The van der Waals surface area contributed by atoms with Crippen LogP contribution in [0.1, 0.15) is 20.3 Å². The van der Waals surface area contributed by atoms with Crippen LogP contribution < -0.4 is 5.56 Å². The fourth-order valence-corrected chi connectivity index (χ4v) is 1.29. The second-order valence-corrected chi connectivity index (χ2v) is 3.66. The Morgan fingerprint density at radius 1 is 1.69 bits per heavy atom. The lowest BCUT2D eigenvalue weighted by Gasteiger charge is -2.10. The van der Waals surface area contributed by atoms with Crippen LogP contribution in [0.2, 0.25) is 0 Å². The molecular weight excluding hydrogens is 184 g/mol. The van der Waals surface area contributed by atoms with Crippen molar-refractivity contribution in [2.75, 3.05) is 0 Å². The van der Waals surface area contributed by atoms with Crippen molar-refractivity contribution >= 4 is 12.2 Å². The molecule has 1 aromatic rings. The average Bonchev–Trinajstić information content (AvgIpc) is 2.09. The number of H-pyrrole nitrogens is 1. The summed E-state index contributed by atoms with van der Waals surface area (Å²) < 4.78 is 2.40. The molecule has 13 heavy (non-hydrogen) atoms. The minimum atomic E-state index is -0.134. The van der Waals surface area contributed by atoms with Gasteiger partial charge in [0, 0.05) is 18.8 Å². The van der Waals surface area contributed by atoms with Gasteiger partial charge in [0.1, 0.15) is 0 Å². The highest BCUT2D eigenvalue weighted by Gasteiger charge is 1.99. The van der Waals surface area contributed by atoms with Gasteiger partial charge in [-0.25, -0.2) is 0 Å². The minimum absolute atomic E-state index is 0.134. The van der Waals surface area contributed by atoms with Gasteiger partial charge in [0.2, 0.25) is 0 Å². The van der Waals surface area contributed by atoms with Crippen LogP contribution >= 0.6 is 12.2 Å². The fraction of sp³-hybridized carbons (Fsp3) is 0.556. The van der Waals surface area contributed by atoms with Crippen LogP contribution in [0.15, 0.2) is 17.1 Å². The molecule has 4 heteroatoms. The second-order valence-electron chi connectivity index (χ2n) is 3.28. The van der Waals surface area contributed by atoms with E-state index in [-0.39, 0.29) is 5.56 Å². The number of nitrogens with one attached hydrogen (secondary N) is 1. The second kappa shape index (κ2) is 4.37. The van der Waals surface area contributed by atoms with Gasteiger partial charge in [-0.1, -0.05) is 20.3 Å². The van der Waals surface area contributed by atoms with Gasteiger partial charge in [-0.3, -0.25) is 9.78 Å². The van der Waals surface area contributed by atoms with Gasteiger partial charge < -0.3 is 4.57 Å². The molecule has 72 valence electrons.